The van der Waals surface area contributed by atoms with Gasteiger partial charge >= 0.3 is 0 Å². The summed E-state index contributed by atoms with van der Waals surface area (Å²) in [6, 6.07) is 6.22. The molecule has 70 valence electrons. The smallest absolute Gasteiger partial charge is 0.119 e. The van der Waals surface area contributed by atoms with E-state index in [0.29, 0.717) is 6.61 Å². The van der Waals surface area contributed by atoms with Crippen molar-refractivity contribution in [1.29, 1.82) is 0 Å². The van der Waals surface area contributed by atoms with E-state index in [-0.39, 0.29) is 6.61 Å². The predicted octanol–water partition coefficient (Wildman–Crippen LogP) is 1.55. The van der Waals surface area contributed by atoms with Crippen LogP contribution >= 0.6 is 0 Å². The monoisotopic (exact) mass is 178 g/mol. The second kappa shape index (κ2) is 3.79. The Morgan fingerprint density at radius 3 is 2.92 bits per heavy atom. The van der Waals surface area contributed by atoms with Crippen molar-refractivity contribution in [2.75, 3.05) is 13.2 Å². The van der Waals surface area contributed by atoms with Gasteiger partial charge in [0.25, 0.3) is 0 Å². The fourth-order valence-corrected chi connectivity index (χ4v) is 1.80. The molecule has 0 atom stereocenters. The van der Waals surface area contributed by atoms with Crippen LogP contribution in [0.1, 0.15) is 17.5 Å². The first-order chi connectivity index (χ1) is 6.40. The van der Waals surface area contributed by atoms with Crippen LogP contribution in [0.3, 0.4) is 0 Å². The molecule has 1 aromatic rings. The molecule has 13 heavy (non-hydrogen) atoms. The van der Waals surface area contributed by atoms with Crippen molar-refractivity contribution in [3.8, 4) is 5.75 Å². The number of rotatable bonds is 3. The van der Waals surface area contributed by atoms with Crippen LogP contribution < -0.4 is 4.74 Å². The van der Waals surface area contributed by atoms with Gasteiger partial charge in [0.1, 0.15) is 12.4 Å². The lowest BCUT2D eigenvalue weighted by atomic mass is 10.1. The lowest BCUT2D eigenvalue weighted by molar-refractivity contribution is 0.201. The lowest BCUT2D eigenvalue weighted by Crippen LogP contribution is -2.01. The number of ether oxygens (including phenoxy) is 1. The van der Waals surface area contributed by atoms with Gasteiger partial charge in [-0.2, -0.15) is 0 Å². The van der Waals surface area contributed by atoms with Crippen molar-refractivity contribution in [2.45, 2.75) is 19.3 Å². The molecule has 0 heterocycles. The molecule has 1 N–H and O–H groups in total. The maximum absolute atomic E-state index is 8.60. The Morgan fingerprint density at radius 1 is 1.23 bits per heavy atom. The Labute approximate surface area is 78.2 Å². The normalized spacial score (nSPS) is 14.2. The predicted molar refractivity (Wildman–Crippen MR) is 51.0 cm³/mol. The summed E-state index contributed by atoms with van der Waals surface area (Å²) >= 11 is 0. The number of benzene rings is 1. The molecule has 0 spiro atoms. The van der Waals surface area contributed by atoms with Crippen LogP contribution in [-0.2, 0) is 12.8 Å². The van der Waals surface area contributed by atoms with E-state index in [9.17, 15) is 0 Å². The van der Waals surface area contributed by atoms with E-state index in [1.54, 1.807) is 0 Å². The minimum absolute atomic E-state index is 0.0804. The number of aliphatic hydroxyl groups excluding tert-OH is 1. The van der Waals surface area contributed by atoms with E-state index in [2.05, 4.69) is 12.1 Å². The van der Waals surface area contributed by atoms with Crippen LogP contribution in [0.15, 0.2) is 18.2 Å². The summed E-state index contributed by atoms with van der Waals surface area (Å²) in [7, 11) is 0. The van der Waals surface area contributed by atoms with E-state index >= 15 is 0 Å². The van der Waals surface area contributed by atoms with Gasteiger partial charge in [0.15, 0.2) is 0 Å². The highest BCUT2D eigenvalue weighted by molar-refractivity contribution is 5.38. The first kappa shape index (κ1) is 8.57. The highest BCUT2D eigenvalue weighted by atomic mass is 16.5. The first-order valence-electron chi connectivity index (χ1n) is 4.75. The van der Waals surface area contributed by atoms with Crippen molar-refractivity contribution < 1.29 is 9.84 Å². The van der Waals surface area contributed by atoms with Gasteiger partial charge in [-0.3, -0.25) is 0 Å². The first-order valence-corrected chi connectivity index (χ1v) is 4.75. The average Bonchev–Trinajstić information content (AvgIpc) is 2.61. The van der Waals surface area contributed by atoms with Gasteiger partial charge < -0.3 is 9.84 Å². The van der Waals surface area contributed by atoms with E-state index in [1.165, 1.54) is 30.4 Å². The fraction of sp³-hybridized carbons (Fsp3) is 0.455. The van der Waals surface area contributed by atoms with E-state index in [1.807, 2.05) is 6.07 Å². The molecule has 2 nitrogen and oxygen atoms in total. The Bertz CT molecular complexity index is 294. The van der Waals surface area contributed by atoms with Gasteiger partial charge in [-0.05, 0) is 42.5 Å². The molecule has 2 rings (SSSR count). The third kappa shape index (κ3) is 1.83. The summed E-state index contributed by atoms with van der Waals surface area (Å²) in [6.07, 6.45) is 3.64. The van der Waals surface area contributed by atoms with Crippen LogP contribution in [-0.4, -0.2) is 18.3 Å². The van der Waals surface area contributed by atoms with Crippen molar-refractivity contribution in [3.05, 3.63) is 29.3 Å². The number of aryl methyl sites for hydroxylation is 2. The molecule has 0 radical (unpaired) electrons. The van der Waals surface area contributed by atoms with Crippen molar-refractivity contribution in [1.82, 2.24) is 0 Å². The third-order valence-corrected chi connectivity index (χ3v) is 2.43. The second-order valence-electron chi connectivity index (χ2n) is 3.36. The Hall–Kier alpha value is -1.02. The van der Waals surface area contributed by atoms with Crippen LogP contribution in [0.4, 0.5) is 0 Å². The maximum atomic E-state index is 8.60. The lowest BCUT2D eigenvalue weighted by Gasteiger charge is -2.05. The molecule has 0 aliphatic heterocycles. The molecule has 0 saturated carbocycles. The zero-order valence-corrected chi connectivity index (χ0v) is 7.62. The average molecular weight is 178 g/mol. The summed E-state index contributed by atoms with van der Waals surface area (Å²) < 4.78 is 5.33. The quantitative estimate of drug-likeness (QED) is 0.761. The van der Waals surface area contributed by atoms with E-state index < -0.39 is 0 Å². The Balaban J connectivity index is 2.12. The number of fused-ring (bicyclic) bond motifs is 1. The Morgan fingerprint density at radius 2 is 2.08 bits per heavy atom. The van der Waals surface area contributed by atoms with Crippen molar-refractivity contribution in [3.63, 3.8) is 0 Å². The fourth-order valence-electron chi connectivity index (χ4n) is 1.80. The van der Waals surface area contributed by atoms with Crippen LogP contribution in [0.2, 0.25) is 0 Å². The molecular weight excluding hydrogens is 164 g/mol. The van der Waals surface area contributed by atoms with Gasteiger partial charge in [0, 0.05) is 0 Å². The standard InChI is InChI=1S/C11H14O2/c12-6-7-13-11-5-4-9-2-1-3-10(9)8-11/h4-5,8,12H,1-3,6-7H2. The van der Waals surface area contributed by atoms with Gasteiger partial charge in [0.2, 0.25) is 0 Å². The summed E-state index contributed by atoms with van der Waals surface area (Å²) in [6.45, 7) is 0.468. The third-order valence-electron chi connectivity index (χ3n) is 2.43. The van der Waals surface area contributed by atoms with Gasteiger partial charge in [-0.1, -0.05) is 6.07 Å². The second-order valence-corrected chi connectivity index (χ2v) is 3.36. The number of hydrogen-bond donors (Lipinski definition) is 1. The summed E-state index contributed by atoms with van der Waals surface area (Å²) in [5, 5.41) is 8.60. The molecule has 0 unspecified atom stereocenters. The zero-order chi connectivity index (χ0) is 9.10. The van der Waals surface area contributed by atoms with E-state index in [0.717, 1.165) is 5.75 Å². The summed E-state index contributed by atoms with van der Waals surface area (Å²) in [5.74, 6) is 0.884. The minimum atomic E-state index is 0.0804. The Kier molecular flexibility index (Phi) is 2.50. The van der Waals surface area contributed by atoms with E-state index in [4.69, 9.17) is 9.84 Å². The highest BCUT2D eigenvalue weighted by Crippen LogP contribution is 2.25. The molecular formula is C11H14O2. The van der Waals surface area contributed by atoms with Gasteiger partial charge in [0.05, 0.1) is 6.61 Å². The topological polar surface area (TPSA) is 29.5 Å². The molecule has 0 saturated heterocycles. The highest BCUT2D eigenvalue weighted by Gasteiger charge is 2.10. The molecule has 1 aliphatic carbocycles. The molecule has 2 heteroatoms. The SMILES string of the molecule is OCCOc1ccc2c(c1)CCC2. The molecule has 0 amide bonds. The molecule has 1 aliphatic rings. The summed E-state index contributed by atoms with van der Waals surface area (Å²) in [4.78, 5) is 0. The maximum Gasteiger partial charge on any atom is 0.119 e. The largest absolute Gasteiger partial charge is 0.491 e. The van der Waals surface area contributed by atoms with Crippen LogP contribution in [0, 0.1) is 0 Å². The van der Waals surface area contributed by atoms with Gasteiger partial charge in [-0.15, -0.1) is 0 Å². The van der Waals surface area contributed by atoms with Crippen molar-refractivity contribution in [2.24, 2.45) is 0 Å². The van der Waals surface area contributed by atoms with Crippen molar-refractivity contribution >= 4 is 0 Å². The zero-order valence-electron chi connectivity index (χ0n) is 7.62. The number of aliphatic hydroxyl groups is 1. The summed E-state index contributed by atoms with van der Waals surface area (Å²) in [5.41, 5.74) is 2.87. The minimum Gasteiger partial charge on any atom is -0.491 e. The molecule has 0 bridgehead atoms. The molecule has 1 aromatic carbocycles. The van der Waals surface area contributed by atoms with Gasteiger partial charge in [-0.25, -0.2) is 0 Å². The number of hydrogen-bond acceptors (Lipinski definition) is 2. The molecule has 0 aromatic heterocycles. The van der Waals surface area contributed by atoms with Crippen LogP contribution in [0.25, 0.3) is 0 Å². The molecule has 0 fully saturated rings. The van der Waals surface area contributed by atoms with Crippen LogP contribution in [0.5, 0.6) is 5.75 Å².